The molecule has 1 aromatic carbocycles. The fraction of sp³-hybridized carbons (Fsp3) is 0.375. The summed E-state index contributed by atoms with van der Waals surface area (Å²) in [4.78, 5) is 17.2. The third-order valence-electron chi connectivity index (χ3n) is 6.29. The van der Waals surface area contributed by atoms with E-state index in [4.69, 9.17) is 20.4 Å². The van der Waals surface area contributed by atoms with E-state index in [1.165, 1.54) is 16.5 Å². The second-order valence-corrected chi connectivity index (χ2v) is 8.55. The van der Waals surface area contributed by atoms with Crippen molar-refractivity contribution in [2.75, 3.05) is 17.7 Å². The summed E-state index contributed by atoms with van der Waals surface area (Å²) in [5, 5.41) is 8.11. The van der Waals surface area contributed by atoms with Crippen molar-refractivity contribution in [3.63, 3.8) is 0 Å². The van der Waals surface area contributed by atoms with Crippen LogP contribution in [0.1, 0.15) is 36.8 Å². The number of ether oxygens (including phenoxy) is 1. The fourth-order valence-electron chi connectivity index (χ4n) is 4.51. The number of nitrogens with two attached hydrogens (primary N) is 1. The molecule has 1 aliphatic rings. The second kappa shape index (κ2) is 8.63. The highest BCUT2D eigenvalue weighted by atomic mass is 16.5. The van der Waals surface area contributed by atoms with Gasteiger partial charge in [0.25, 0.3) is 0 Å². The quantitative estimate of drug-likeness (QED) is 0.363. The first kappa shape index (κ1) is 20.5. The Labute approximate surface area is 187 Å². The summed E-state index contributed by atoms with van der Waals surface area (Å²) < 4.78 is 5.48. The molecule has 0 bridgehead atoms. The first-order chi connectivity index (χ1) is 15.6. The van der Waals surface area contributed by atoms with Gasteiger partial charge in [-0.25, -0.2) is 15.0 Å². The number of methoxy groups -OCH3 is 1. The van der Waals surface area contributed by atoms with Crippen LogP contribution in [0.2, 0.25) is 0 Å². The number of anilines is 2. The van der Waals surface area contributed by atoms with Crippen LogP contribution in [0.4, 0.5) is 11.6 Å². The van der Waals surface area contributed by atoms with Crippen molar-refractivity contribution in [2.24, 2.45) is 5.73 Å². The Kier molecular flexibility index (Phi) is 5.53. The van der Waals surface area contributed by atoms with Crippen molar-refractivity contribution < 1.29 is 4.74 Å². The largest absolute Gasteiger partial charge is 0.495 e. The fourth-order valence-corrected chi connectivity index (χ4v) is 4.51. The summed E-state index contributed by atoms with van der Waals surface area (Å²) in [5.41, 5.74) is 10.8. The Hall–Kier alpha value is -3.39. The number of aromatic amines is 1. The lowest BCUT2D eigenvalue weighted by Crippen LogP contribution is -2.33. The van der Waals surface area contributed by atoms with Crippen molar-refractivity contribution >= 4 is 33.7 Å². The third-order valence-corrected chi connectivity index (χ3v) is 6.29. The molecule has 3 aromatic heterocycles. The predicted octanol–water partition coefficient (Wildman–Crippen LogP) is 4.12. The predicted molar refractivity (Wildman–Crippen MR) is 128 cm³/mol. The number of nitrogens with one attached hydrogen (secondary N) is 3. The molecule has 0 aliphatic heterocycles. The summed E-state index contributed by atoms with van der Waals surface area (Å²) in [6.45, 7) is 2.72. The molecule has 0 spiro atoms. The van der Waals surface area contributed by atoms with Gasteiger partial charge in [0.15, 0.2) is 5.65 Å². The maximum atomic E-state index is 6.02. The molecule has 8 heteroatoms. The number of hydrogen-bond acceptors (Lipinski definition) is 7. The first-order valence-electron chi connectivity index (χ1n) is 11.1. The van der Waals surface area contributed by atoms with Crippen molar-refractivity contribution in [3.05, 3.63) is 47.8 Å². The Bertz CT molecular complexity index is 1240. The number of hydrogen-bond donors (Lipinski definition) is 4. The van der Waals surface area contributed by atoms with Crippen LogP contribution in [0, 0.1) is 6.92 Å². The zero-order chi connectivity index (χ0) is 22.1. The van der Waals surface area contributed by atoms with Gasteiger partial charge in [0, 0.05) is 30.2 Å². The number of aromatic nitrogens is 4. The third kappa shape index (κ3) is 4.05. The number of rotatable bonds is 6. The molecule has 1 aliphatic carbocycles. The summed E-state index contributed by atoms with van der Waals surface area (Å²) in [6, 6.07) is 8.75. The van der Waals surface area contributed by atoms with Crippen molar-refractivity contribution in [3.8, 4) is 5.75 Å². The smallest absolute Gasteiger partial charge is 0.182 e. The van der Waals surface area contributed by atoms with E-state index in [0.29, 0.717) is 30.1 Å². The molecule has 4 aromatic rings. The van der Waals surface area contributed by atoms with Crippen LogP contribution in [-0.2, 0) is 6.54 Å². The van der Waals surface area contributed by atoms with Gasteiger partial charge in [-0.3, -0.25) is 0 Å². The second-order valence-electron chi connectivity index (χ2n) is 8.55. The molecule has 5 N–H and O–H groups in total. The van der Waals surface area contributed by atoms with Crippen LogP contribution in [0.15, 0.2) is 36.7 Å². The molecule has 8 nitrogen and oxygen atoms in total. The zero-order valence-electron chi connectivity index (χ0n) is 18.5. The minimum absolute atomic E-state index is 0.333. The molecule has 0 amide bonds. The molecule has 3 heterocycles. The topological polar surface area (TPSA) is 114 Å². The van der Waals surface area contributed by atoms with E-state index < -0.39 is 0 Å². The van der Waals surface area contributed by atoms with E-state index in [2.05, 4.69) is 33.6 Å². The van der Waals surface area contributed by atoms with E-state index in [-0.39, 0.29) is 0 Å². The molecule has 32 heavy (non-hydrogen) atoms. The van der Waals surface area contributed by atoms with Crippen molar-refractivity contribution in [1.29, 1.82) is 0 Å². The van der Waals surface area contributed by atoms with Crippen LogP contribution in [-0.4, -0.2) is 39.1 Å². The summed E-state index contributed by atoms with van der Waals surface area (Å²) >= 11 is 0. The van der Waals surface area contributed by atoms with Crippen molar-refractivity contribution in [2.45, 2.75) is 51.2 Å². The van der Waals surface area contributed by atoms with Gasteiger partial charge < -0.3 is 26.1 Å². The average Bonchev–Trinajstić information content (AvgIpc) is 3.21. The van der Waals surface area contributed by atoms with E-state index in [0.717, 1.165) is 48.3 Å². The average molecular weight is 432 g/mol. The van der Waals surface area contributed by atoms with E-state index in [1.807, 2.05) is 24.4 Å². The Balaban J connectivity index is 1.34. The van der Waals surface area contributed by atoms with Crippen LogP contribution in [0.25, 0.3) is 22.1 Å². The highest BCUT2D eigenvalue weighted by Gasteiger charge is 2.18. The number of nitrogens with zero attached hydrogens (tertiary/aromatic N) is 3. The monoisotopic (exact) mass is 431 g/mol. The molecule has 0 saturated heterocycles. The standard InChI is InChI=1S/C24H29N7O/c1-14-11-28-23-19(32-2)9-3-15(22(14)23)12-27-21-13-26-18-8-10-20(30-24(18)31-21)29-17-6-4-16(25)5-7-17/h3,8-11,13,16-17,28H,4-7,12,25H2,1-2H3,(H2,27,29,30,31). The number of benzene rings is 1. The lowest BCUT2D eigenvalue weighted by Gasteiger charge is -2.27. The molecule has 5 rings (SSSR count). The molecule has 166 valence electrons. The van der Waals surface area contributed by atoms with Gasteiger partial charge in [-0.1, -0.05) is 6.07 Å². The van der Waals surface area contributed by atoms with E-state index in [9.17, 15) is 0 Å². The number of fused-ring (bicyclic) bond motifs is 2. The van der Waals surface area contributed by atoms with Crippen LogP contribution in [0.5, 0.6) is 5.75 Å². The summed E-state index contributed by atoms with van der Waals surface area (Å²) in [7, 11) is 1.69. The van der Waals surface area contributed by atoms with Gasteiger partial charge in [-0.05, 0) is 61.9 Å². The maximum Gasteiger partial charge on any atom is 0.182 e. The van der Waals surface area contributed by atoms with Gasteiger partial charge in [-0.2, -0.15) is 0 Å². The Morgan fingerprint density at radius 1 is 1.09 bits per heavy atom. The molecule has 0 radical (unpaired) electrons. The van der Waals surface area contributed by atoms with Crippen LogP contribution < -0.4 is 21.1 Å². The number of H-pyrrole nitrogens is 1. The van der Waals surface area contributed by atoms with Gasteiger partial charge in [0.2, 0.25) is 0 Å². The molecular weight excluding hydrogens is 402 g/mol. The van der Waals surface area contributed by atoms with E-state index >= 15 is 0 Å². The molecule has 1 fully saturated rings. The Morgan fingerprint density at radius 3 is 2.72 bits per heavy atom. The van der Waals surface area contributed by atoms with Gasteiger partial charge in [0.1, 0.15) is 22.9 Å². The van der Waals surface area contributed by atoms with Gasteiger partial charge in [0.05, 0.1) is 18.8 Å². The maximum absolute atomic E-state index is 6.02. The lowest BCUT2D eigenvalue weighted by molar-refractivity contribution is 0.410. The minimum Gasteiger partial charge on any atom is -0.495 e. The zero-order valence-corrected chi connectivity index (χ0v) is 18.5. The van der Waals surface area contributed by atoms with Gasteiger partial charge in [-0.15, -0.1) is 0 Å². The molecule has 0 unspecified atom stereocenters. The minimum atomic E-state index is 0.333. The molecule has 1 saturated carbocycles. The summed E-state index contributed by atoms with van der Waals surface area (Å²) in [6.07, 6.45) is 8.01. The Morgan fingerprint density at radius 2 is 1.91 bits per heavy atom. The summed E-state index contributed by atoms with van der Waals surface area (Å²) in [5.74, 6) is 2.37. The molecule has 0 atom stereocenters. The number of aryl methyl sites for hydroxylation is 1. The first-order valence-corrected chi connectivity index (χ1v) is 11.1. The van der Waals surface area contributed by atoms with Crippen molar-refractivity contribution in [1.82, 2.24) is 19.9 Å². The lowest BCUT2D eigenvalue weighted by atomic mass is 9.92. The molecular formula is C24H29N7O. The van der Waals surface area contributed by atoms with Crippen LogP contribution >= 0.6 is 0 Å². The normalized spacial score (nSPS) is 18.7. The highest BCUT2D eigenvalue weighted by molar-refractivity contribution is 5.91. The van der Waals surface area contributed by atoms with Gasteiger partial charge >= 0.3 is 0 Å². The highest BCUT2D eigenvalue weighted by Crippen LogP contribution is 2.30. The SMILES string of the molecule is COc1ccc(CNc2cnc3ccc(NC4CCC(N)CC4)nc3n2)c2c(C)c[nH]c12. The number of pyridine rings is 1. The van der Waals surface area contributed by atoms with Crippen LogP contribution in [0.3, 0.4) is 0 Å². The van der Waals surface area contributed by atoms with E-state index in [1.54, 1.807) is 13.3 Å².